The Balaban J connectivity index is 2.18. The van der Waals surface area contributed by atoms with Crippen molar-refractivity contribution in [3.8, 4) is 0 Å². The normalized spacial score (nSPS) is 22.6. The summed E-state index contributed by atoms with van der Waals surface area (Å²) >= 11 is 3.55. The number of anilines is 1. The molecular weight excluding hydrogens is 300 g/mol. The lowest BCUT2D eigenvalue weighted by Crippen LogP contribution is -2.48. The van der Waals surface area contributed by atoms with Crippen molar-refractivity contribution in [3.63, 3.8) is 0 Å². The molecule has 0 saturated carbocycles. The van der Waals surface area contributed by atoms with Gasteiger partial charge in [-0.05, 0) is 62.0 Å². The van der Waals surface area contributed by atoms with E-state index in [0.29, 0.717) is 11.3 Å². The molecule has 1 aromatic rings. The maximum Gasteiger partial charge on any atom is 0.0396 e. The number of benzene rings is 1. The molecule has 3 heteroatoms. The predicted octanol–water partition coefficient (Wildman–Crippen LogP) is 3.83. The summed E-state index contributed by atoms with van der Waals surface area (Å²) in [5.41, 5.74) is 3.18. The van der Waals surface area contributed by atoms with Gasteiger partial charge in [-0.3, -0.25) is 0 Å². The topological polar surface area (TPSA) is 15.3 Å². The molecule has 2 nitrogen and oxygen atoms in total. The van der Waals surface area contributed by atoms with Crippen molar-refractivity contribution < 1.29 is 0 Å². The van der Waals surface area contributed by atoms with Gasteiger partial charge in [0.2, 0.25) is 0 Å². The van der Waals surface area contributed by atoms with Crippen LogP contribution in [0.5, 0.6) is 0 Å². The Labute approximate surface area is 125 Å². The number of nitrogens with one attached hydrogen (secondary N) is 1. The van der Waals surface area contributed by atoms with Gasteiger partial charge in [0, 0.05) is 23.2 Å². The van der Waals surface area contributed by atoms with Gasteiger partial charge in [0.25, 0.3) is 0 Å². The van der Waals surface area contributed by atoms with Gasteiger partial charge < -0.3 is 10.2 Å². The third kappa shape index (κ3) is 3.32. The minimum Gasteiger partial charge on any atom is -0.371 e. The Morgan fingerprint density at radius 3 is 2.79 bits per heavy atom. The SMILES string of the molecule is CNCC1CN(c2ccc(Br)cc2C)CCC1(C)C. The summed E-state index contributed by atoms with van der Waals surface area (Å²) in [5.74, 6) is 0.703. The van der Waals surface area contributed by atoms with E-state index in [2.05, 4.69) is 72.2 Å². The number of hydrogen-bond donors (Lipinski definition) is 1. The van der Waals surface area contributed by atoms with Gasteiger partial charge in [0.1, 0.15) is 0 Å². The highest BCUT2D eigenvalue weighted by Gasteiger charge is 2.35. The van der Waals surface area contributed by atoms with E-state index in [1.54, 1.807) is 0 Å². The molecule has 0 aliphatic carbocycles. The Kier molecular flexibility index (Phi) is 4.57. The Bertz CT molecular complexity index is 442. The number of nitrogens with zero attached hydrogens (tertiary/aromatic N) is 1. The van der Waals surface area contributed by atoms with E-state index in [4.69, 9.17) is 0 Å². The van der Waals surface area contributed by atoms with E-state index >= 15 is 0 Å². The van der Waals surface area contributed by atoms with Gasteiger partial charge in [0.15, 0.2) is 0 Å². The monoisotopic (exact) mass is 324 g/mol. The highest BCUT2D eigenvalue weighted by Crippen LogP contribution is 2.38. The summed E-state index contributed by atoms with van der Waals surface area (Å²) in [7, 11) is 2.06. The summed E-state index contributed by atoms with van der Waals surface area (Å²) in [6.07, 6.45) is 1.26. The summed E-state index contributed by atoms with van der Waals surface area (Å²) < 4.78 is 1.16. The maximum absolute atomic E-state index is 3.55. The molecule has 1 aliphatic heterocycles. The van der Waals surface area contributed by atoms with Crippen LogP contribution >= 0.6 is 15.9 Å². The lowest BCUT2D eigenvalue weighted by Gasteiger charge is -2.45. The lowest BCUT2D eigenvalue weighted by atomic mass is 9.73. The molecule has 1 N–H and O–H groups in total. The molecular formula is C16H25BrN2. The molecule has 1 aromatic carbocycles. The molecule has 0 spiro atoms. The number of hydrogen-bond acceptors (Lipinski definition) is 2. The van der Waals surface area contributed by atoms with Gasteiger partial charge in [-0.1, -0.05) is 29.8 Å². The van der Waals surface area contributed by atoms with E-state index in [-0.39, 0.29) is 0 Å². The van der Waals surface area contributed by atoms with Crippen LogP contribution in [0.1, 0.15) is 25.8 Å². The molecule has 0 amide bonds. The highest BCUT2D eigenvalue weighted by atomic mass is 79.9. The Morgan fingerprint density at radius 2 is 2.16 bits per heavy atom. The van der Waals surface area contributed by atoms with Crippen LogP contribution in [0.3, 0.4) is 0 Å². The third-order valence-corrected chi connectivity index (χ3v) is 5.02. The molecule has 1 unspecified atom stereocenters. The zero-order chi connectivity index (χ0) is 14.0. The average Bonchev–Trinajstić information content (AvgIpc) is 2.33. The summed E-state index contributed by atoms with van der Waals surface area (Å²) in [5, 5.41) is 3.35. The van der Waals surface area contributed by atoms with Crippen molar-refractivity contribution in [2.75, 3.05) is 31.6 Å². The number of aryl methyl sites for hydroxylation is 1. The second-order valence-corrected chi connectivity index (χ2v) is 7.29. The number of halogens is 1. The molecule has 1 atom stereocenters. The van der Waals surface area contributed by atoms with Crippen LogP contribution in [-0.2, 0) is 0 Å². The van der Waals surface area contributed by atoms with E-state index < -0.39 is 0 Å². The molecule has 0 radical (unpaired) electrons. The number of piperidine rings is 1. The molecule has 2 rings (SSSR count). The second kappa shape index (κ2) is 5.84. The van der Waals surface area contributed by atoms with Crippen LogP contribution < -0.4 is 10.2 Å². The van der Waals surface area contributed by atoms with Crippen LogP contribution in [0.25, 0.3) is 0 Å². The fourth-order valence-electron chi connectivity index (χ4n) is 3.01. The third-order valence-electron chi connectivity index (χ3n) is 4.52. The van der Waals surface area contributed by atoms with E-state index in [0.717, 1.165) is 24.1 Å². The standard InChI is InChI=1S/C16H25BrN2/c1-12-9-14(17)5-6-15(12)19-8-7-16(2,3)13(11-19)10-18-4/h5-6,9,13,18H,7-8,10-11H2,1-4H3. The largest absolute Gasteiger partial charge is 0.371 e. The van der Waals surface area contributed by atoms with E-state index in [1.165, 1.54) is 17.7 Å². The average molecular weight is 325 g/mol. The van der Waals surface area contributed by atoms with Crippen molar-refractivity contribution in [1.29, 1.82) is 0 Å². The zero-order valence-corrected chi connectivity index (χ0v) is 14.0. The van der Waals surface area contributed by atoms with Gasteiger partial charge >= 0.3 is 0 Å². The number of rotatable bonds is 3. The molecule has 0 bridgehead atoms. The first-order valence-corrected chi connectivity index (χ1v) is 7.89. The summed E-state index contributed by atoms with van der Waals surface area (Å²) in [6.45, 7) is 10.4. The van der Waals surface area contributed by atoms with Crippen LogP contribution in [0.2, 0.25) is 0 Å². The first-order chi connectivity index (χ1) is 8.94. The fraction of sp³-hybridized carbons (Fsp3) is 0.625. The minimum absolute atomic E-state index is 0.433. The molecule has 106 valence electrons. The van der Waals surface area contributed by atoms with Crippen molar-refractivity contribution in [2.45, 2.75) is 27.2 Å². The zero-order valence-electron chi connectivity index (χ0n) is 12.5. The van der Waals surface area contributed by atoms with Crippen LogP contribution in [0.4, 0.5) is 5.69 Å². The van der Waals surface area contributed by atoms with Gasteiger partial charge in [0.05, 0.1) is 0 Å². The van der Waals surface area contributed by atoms with Crippen molar-refractivity contribution in [3.05, 3.63) is 28.2 Å². The first kappa shape index (κ1) is 14.9. The van der Waals surface area contributed by atoms with Gasteiger partial charge in [-0.2, -0.15) is 0 Å². The molecule has 1 fully saturated rings. The highest BCUT2D eigenvalue weighted by molar-refractivity contribution is 9.10. The lowest BCUT2D eigenvalue weighted by molar-refractivity contribution is 0.169. The van der Waals surface area contributed by atoms with E-state index in [1.807, 2.05) is 0 Å². The van der Waals surface area contributed by atoms with Crippen molar-refractivity contribution >= 4 is 21.6 Å². The Morgan fingerprint density at radius 1 is 1.42 bits per heavy atom. The summed E-state index contributed by atoms with van der Waals surface area (Å²) in [4.78, 5) is 2.55. The maximum atomic E-state index is 3.55. The van der Waals surface area contributed by atoms with E-state index in [9.17, 15) is 0 Å². The van der Waals surface area contributed by atoms with Gasteiger partial charge in [-0.25, -0.2) is 0 Å². The quantitative estimate of drug-likeness (QED) is 0.909. The second-order valence-electron chi connectivity index (χ2n) is 6.37. The predicted molar refractivity (Wildman–Crippen MR) is 86.9 cm³/mol. The molecule has 1 heterocycles. The Hall–Kier alpha value is -0.540. The van der Waals surface area contributed by atoms with Crippen LogP contribution in [-0.4, -0.2) is 26.7 Å². The minimum atomic E-state index is 0.433. The van der Waals surface area contributed by atoms with Crippen molar-refractivity contribution in [2.24, 2.45) is 11.3 Å². The fourth-order valence-corrected chi connectivity index (χ4v) is 3.49. The smallest absolute Gasteiger partial charge is 0.0396 e. The molecule has 1 aliphatic rings. The van der Waals surface area contributed by atoms with Crippen LogP contribution in [0.15, 0.2) is 22.7 Å². The van der Waals surface area contributed by atoms with Crippen LogP contribution in [0, 0.1) is 18.3 Å². The molecule has 0 aromatic heterocycles. The summed E-state index contributed by atoms with van der Waals surface area (Å²) in [6, 6.07) is 6.60. The van der Waals surface area contributed by atoms with Crippen molar-refractivity contribution in [1.82, 2.24) is 5.32 Å². The van der Waals surface area contributed by atoms with Gasteiger partial charge in [-0.15, -0.1) is 0 Å². The first-order valence-electron chi connectivity index (χ1n) is 7.10. The molecule has 1 saturated heterocycles. The molecule has 19 heavy (non-hydrogen) atoms.